The first kappa shape index (κ1) is 21.0. The van der Waals surface area contributed by atoms with Crippen LogP contribution in [0.5, 0.6) is 0 Å². The number of hydrogen-bond donors (Lipinski definition) is 2. The molecule has 1 aliphatic carbocycles. The number of halogens is 1. The lowest BCUT2D eigenvalue weighted by molar-refractivity contribution is 0.0793. The molecule has 2 N–H and O–H groups in total. The number of likely N-dealkylation sites (N-methyl/N-ethyl adjacent to an activating group) is 1. The molecule has 3 atom stereocenters. The molecule has 23 heavy (non-hydrogen) atoms. The van der Waals surface area contributed by atoms with Crippen LogP contribution in [0.1, 0.15) is 45.4 Å². The molecule has 2 fully saturated rings. The molecule has 2 rings (SSSR count). The summed E-state index contributed by atoms with van der Waals surface area (Å²) in [6.07, 6.45) is 7.89. The second-order valence-corrected chi connectivity index (χ2v) is 7.26. The second-order valence-electron chi connectivity index (χ2n) is 7.26. The Morgan fingerprint density at radius 2 is 2.04 bits per heavy atom. The van der Waals surface area contributed by atoms with Crippen molar-refractivity contribution in [1.29, 1.82) is 0 Å². The SMILES string of the molecule is CN=C(NCC1CCCO1)NCC1(N(C)C)CCCC(C)C1.I. The first-order valence-corrected chi connectivity index (χ1v) is 8.79. The number of aliphatic imine (C=N–C) groups is 1. The fourth-order valence-corrected chi connectivity index (χ4v) is 3.84. The van der Waals surface area contributed by atoms with E-state index in [1.165, 1.54) is 32.1 Å². The van der Waals surface area contributed by atoms with Crippen LogP contribution < -0.4 is 10.6 Å². The molecule has 0 radical (unpaired) electrons. The molecule has 6 heteroatoms. The summed E-state index contributed by atoms with van der Waals surface area (Å²) in [6.45, 7) is 5.09. The van der Waals surface area contributed by atoms with Gasteiger partial charge >= 0.3 is 0 Å². The minimum atomic E-state index is 0. The van der Waals surface area contributed by atoms with Gasteiger partial charge in [0.2, 0.25) is 0 Å². The molecule has 136 valence electrons. The standard InChI is InChI=1S/C17H34N4O.HI/c1-14-7-5-9-17(11-14,21(3)4)13-20-16(18-2)19-12-15-8-6-10-22-15;/h14-15H,5-13H2,1-4H3,(H2,18,19,20);1H. The number of rotatable bonds is 5. The van der Waals surface area contributed by atoms with Crippen molar-refractivity contribution < 1.29 is 4.74 Å². The van der Waals surface area contributed by atoms with Crippen molar-refractivity contribution in [2.45, 2.75) is 57.1 Å². The van der Waals surface area contributed by atoms with Crippen LogP contribution in [0.15, 0.2) is 4.99 Å². The first-order valence-electron chi connectivity index (χ1n) is 8.79. The average Bonchev–Trinajstić information content (AvgIpc) is 3.00. The second kappa shape index (κ2) is 10.0. The normalized spacial score (nSPS) is 31.8. The molecule has 0 aromatic rings. The number of hydrogen-bond acceptors (Lipinski definition) is 3. The van der Waals surface area contributed by atoms with E-state index in [2.05, 4.69) is 41.5 Å². The Labute approximate surface area is 159 Å². The fourth-order valence-electron chi connectivity index (χ4n) is 3.84. The van der Waals surface area contributed by atoms with E-state index in [4.69, 9.17) is 4.74 Å². The lowest BCUT2D eigenvalue weighted by Crippen LogP contribution is -2.56. The summed E-state index contributed by atoms with van der Waals surface area (Å²) < 4.78 is 5.66. The molecule has 5 nitrogen and oxygen atoms in total. The van der Waals surface area contributed by atoms with Gasteiger partial charge in [-0.05, 0) is 45.7 Å². The van der Waals surface area contributed by atoms with Gasteiger partial charge in [0.05, 0.1) is 6.10 Å². The summed E-state index contributed by atoms with van der Waals surface area (Å²) in [5.74, 6) is 1.70. The number of nitrogens with one attached hydrogen (secondary N) is 2. The maximum absolute atomic E-state index is 5.66. The summed E-state index contributed by atoms with van der Waals surface area (Å²) in [5.41, 5.74) is 0.249. The number of nitrogens with zero attached hydrogens (tertiary/aromatic N) is 2. The van der Waals surface area contributed by atoms with Crippen LogP contribution in [0.2, 0.25) is 0 Å². The molecule has 0 aromatic heterocycles. The maximum Gasteiger partial charge on any atom is 0.191 e. The number of ether oxygens (including phenoxy) is 1. The summed E-state index contributed by atoms with van der Waals surface area (Å²) in [7, 11) is 6.27. The zero-order valence-electron chi connectivity index (χ0n) is 15.2. The lowest BCUT2D eigenvalue weighted by atomic mass is 9.75. The third kappa shape index (κ3) is 6.05. The Balaban J connectivity index is 0.00000264. The van der Waals surface area contributed by atoms with Gasteiger partial charge in [-0.15, -0.1) is 24.0 Å². The third-order valence-electron chi connectivity index (χ3n) is 5.35. The van der Waals surface area contributed by atoms with E-state index in [9.17, 15) is 0 Å². The molecular weight excluding hydrogens is 403 g/mol. The van der Waals surface area contributed by atoms with Crippen LogP contribution in [0.4, 0.5) is 0 Å². The van der Waals surface area contributed by atoms with E-state index < -0.39 is 0 Å². The van der Waals surface area contributed by atoms with E-state index in [1.54, 1.807) is 0 Å². The first-order chi connectivity index (χ1) is 10.6. The van der Waals surface area contributed by atoms with E-state index in [-0.39, 0.29) is 29.5 Å². The molecule has 0 spiro atoms. The monoisotopic (exact) mass is 438 g/mol. The summed E-state index contributed by atoms with van der Waals surface area (Å²) in [4.78, 5) is 6.77. The van der Waals surface area contributed by atoms with Gasteiger partial charge in [0.15, 0.2) is 5.96 Å². The molecule has 0 aromatic carbocycles. The Hall–Kier alpha value is -0.0800. The molecule has 1 heterocycles. The highest BCUT2D eigenvalue weighted by Crippen LogP contribution is 2.35. The highest BCUT2D eigenvalue weighted by Gasteiger charge is 2.36. The van der Waals surface area contributed by atoms with E-state index in [0.717, 1.165) is 38.0 Å². The van der Waals surface area contributed by atoms with Crippen LogP contribution in [0.25, 0.3) is 0 Å². The van der Waals surface area contributed by atoms with Crippen LogP contribution in [0, 0.1) is 5.92 Å². The Bertz CT molecular complexity index is 372. The largest absolute Gasteiger partial charge is 0.376 e. The van der Waals surface area contributed by atoms with Crippen molar-refractivity contribution >= 4 is 29.9 Å². The predicted molar refractivity (Wildman–Crippen MR) is 108 cm³/mol. The number of guanidine groups is 1. The summed E-state index contributed by atoms with van der Waals surface area (Å²) in [5, 5.41) is 6.96. The Kier molecular flexibility index (Phi) is 9.15. The van der Waals surface area contributed by atoms with Crippen LogP contribution >= 0.6 is 24.0 Å². The van der Waals surface area contributed by atoms with Gasteiger partial charge in [0.1, 0.15) is 0 Å². The van der Waals surface area contributed by atoms with Crippen molar-refractivity contribution in [3.05, 3.63) is 0 Å². The van der Waals surface area contributed by atoms with Crippen molar-refractivity contribution in [1.82, 2.24) is 15.5 Å². The minimum Gasteiger partial charge on any atom is -0.376 e. The van der Waals surface area contributed by atoms with Crippen molar-refractivity contribution in [3.63, 3.8) is 0 Å². The smallest absolute Gasteiger partial charge is 0.191 e. The molecule has 2 aliphatic rings. The van der Waals surface area contributed by atoms with Crippen molar-refractivity contribution in [3.8, 4) is 0 Å². The van der Waals surface area contributed by atoms with Gasteiger partial charge in [0, 0.05) is 32.3 Å². The van der Waals surface area contributed by atoms with Gasteiger partial charge in [0.25, 0.3) is 0 Å². The summed E-state index contributed by atoms with van der Waals surface area (Å²) in [6, 6.07) is 0. The van der Waals surface area contributed by atoms with E-state index in [1.807, 2.05) is 7.05 Å². The minimum absolute atomic E-state index is 0. The molecule has 1 aliphatic heterocycles. The fraction of sp³-hybridized carbons (Fsp3) is 0.941. The molecule has 3 unspecified atom stereocenters. The predicted octanol–water partition coefficient (Wildman–Crippen LogP) is 2.46. The topological polar surface area (TPSA) is 48.9 Å². The van der Waals surface area contributed by atoms with Gasteiger partial charge in [-0.1, -0.05) is 19.8 Å². The molecular formula is C17H35IN4O. The molecule has 0 amide bonds. The molecule has 0 bridgehead atoms. The Morgan fingerprint density at radius 3 is 2.61 bits per heavy atom. The molecule has 1 saturated heterocycles. The van der Waals surface area contributed by atoms with Crippen LogP contribution in [-0.2, 0) is 4.74 Å². The highest BCUT2D eigenvalue weighted by atomic mass is 127. The van der Waals surface area contributed by atoms with Crippen molar-refractivity contribution in [2.24, 2.45) is 10.9 Å². The van der Waals surface area contributed by atoms with Gasteiger partial charge in [-0.3, -0.25) is 4.99 Å². The molecule has 1 saturated carbocycles. The van der Waals surface area contributed by atoms with Gasteiger partial charge in [-0.2, -0.15) is 0 Å². The van der Waals surface area contributed by atoms with Crippen LogP contribution in [-0.4, -0.2) is 63.3 Å². The van der Waals surface area contributed by atoms with Crippen LogP contribution in [0.3, 0.4) is 0 Å². The van der Waals surface area contributed by atoms with E-state index in [0.29, 0.717) is 6.10 Å². The highest BCUT2D eigenvalue weighted by molar-refractivity contribution is 14.0. The maximum atomic E-state index is 5.66. The van der Waals surface area contributed by atoms with Gasteiger partial charge < -0.3 is 20.3 Å². The average molecular weight is 438 g/mol. The third-order valence-corrected chi connectivity index (χ3v) is 5.35. The zero-order valence-corrected chi connectivity index (χ0v) is 17.6. The lowest BCUT2D eigenvalue weighted by Gasteiger charge is -2.45. The van der Waals surface area contributed by atoms with E-state index >= 15 is 0 Å². The Morgan fingerprint density at radius 1 is 1.26 bits per heavy atom. The quantitative estimate of drug-likeness (QED) is 0.394. The van der Waals surface area contributed by atoms with Crippen molar-refractivity contribution in [2.75, 3.05) is 40.8 Å². The zero-order chi connectivity index (χ0) is 16.0. The summed E-state index contributed by atoms with van der Waals surface area (Å²) >= 11 is 0. The van der Waals surface area contributed by atoms with Gasteiger partial charge in [-0.25, -0.2) is 0 Å².